The molecular weight excluding hydrogens is 234 g/mol. The van der Waals surface area contributed by atoms with Gasteiger partial charge >= 0.3 is 11.9 Å². The Morgan fingerprint density at radius 1 is 1.17 bits per heavy atom. The van der Waals surface area contributed by atoms with E-state index < -0.39 is 29.2 Å². The average molecular weight is 261 g/mol. The van der Waals surface area contributed by atoms with Gasteiger partial charge in [-0.3, -0.25) is 9.59 Å². The summed E-state index contributed by atoms with van der Waals surface area (Å²) in [6.07, 6.45) is 0.0980. The average Bonchev–Trinajstić information content (AvgIpc) is 2.34. The first-order chi connectivity index (χ1) is 9.03. The van der Waals surface area contributed by atoms with Crippen LogP contribution < -0.4 is 5.73 Å². The molecule has 0 fully saturated rings. The number of ether oxygens (including phenoxy) is 2. The lowest BCUT2D eigenvalue weighted by Crippen LogP contribution is -2.38. The summed E-state index contributed by atoms with van der Waals surface area (Å²) in [4.78, 5) is 23.2. The van der Waals surface area contributed by atoms with Crippen LogP contribution in [0.3, 0.4) is 0 Å². The summed E-state index contributed by atoms with van der Waals surface area (Å²) < 4.78 is 24.6. The molecule has 0 rings (SSSR count). The second kappa shape index (κ2) is 6.18. The van der Waals surface area contributed by atoms with Gasteiger partial charge in [-0.1, -0.05) is 0 Å². The van der Waals surface area contributed by atoms with Crippen molar-refractivity contribution in [2.75, 3.05) is 0 Å². The van der Waals surface area contributed by atoms with Crippen molar-refractivity contribution in [2.45, 2.75) is 71.6 Å². The molecule has 5 heteroatoms. The summed E-state index contributed by atoms with van der Waals surface area (Å²) in [6.45, 7) is 6.42. The zero-order chi connectivity index (χ0) is 16.0. The summed E-state index contributed by atoms with van der Waals surface area (Å²) in [5, 5.41) is 0. The minimum absolute atomic E-state index is 0.0129. The highest BCUT2D eigenvalue weighted by Crippen LogP contribution is 2.12. The molecule has 5 nitrogen and oxygen atoms in total. The minimum Gasteiger partial charge on any atom is -0.460 e. The Balaban J connectivity index is 4.19. The number of carbonyl (C=O) groups is 2. The van der Waals surface area contributed by atoms with Crippen LogP contribution in [-0.2, 0) is 19.1 Å². The van der Waals surface area contributed by atoms with Gasteiger partial charge in [0.1, 0.15) is 17.2 Å². The van der Waals surface area contributed by atoms with Crippen molar-refractivity contribution in [3.63, 3.8) is 0 Å². The predicted octanol–water partition coefficient (Wildman–Crippen LogP) is 1.78. The van der Waals surface area contributed by atoms with Gasteiger partial charge in [0.05, 0.1) is 0 Å². The van der Waals surface area contributed by atoms with Gasteiger partial charge in [-0.15, -0.1) is 0 Å². The molecule has 1 atom stereocenters. The molecule has 0 aliphatic rings. The van der Waals surface area contributed by atoms with Crippen LogP contribution in [0, 0.1) is 0 Å². The first kappa shape index (κ1) is 13.3. The van der Waals surface area contributed by atoms with E-state index >= 15 is 0 Å². The van der Waals surface area contributed by atoms with Crippen LogP contribution in [0.5, 0.6) is 0 Å². The fourth-order valence-electron chi connectivity index (χ4n) is 1.10. The van der Waals surface area contributed by atoms with Crippen molar-refractivity contribution in [3.05, 3.63) is 0 Å². The van der Waals surface area contributed by atoms with E-state index in [4.69, 9.17) is 17.9 Å². The van der Waals surface area contributed by atoms with Gasteiger partial charge in [-0.2, -0.15) is 0 Å². The summed E-state index contributed by atoms with van der Waals surface area (Å²) in [6, 6.07) is -0.924. The molecule has 2 N–H and O–H groups in total. The largest absolute Gasteiger partial charge is 0.460 e. The van der Waals surface area contributed by atoms with E-state index in [9.17, 15) is 9.59 Å². The zero-order valence-electron chi connectivity index (χ0n) is 13.6. The van der Waals surface area contributed by atoms with E-state index in [0.29, 0.717) is 0 Å². The van der Waals surface area contributed by atoms with Crippen molar-refractivity contribution in [2.24, 2.45) is 5.73 Å². The van der Waals surface area contributed by atoms with E-state index in [2.05, 4.69) is 0 Å². The normalized spacial score (nSPS) is 15.4. The summed E-state index contributed by atoms with van der Waals surface area (Å²) in [5.74, 6) is -1.12. The first-order valence-corrected chi connectivity index (χ1v) is 5.82. The highest BCUT2D eigenvalue weighted by atomic mass is 16.6. The van der Waals surface area contributed by atoms with Gasteiger partial charge < -0.3 is 15.2 Å². The Bertz CT molecular complexity index is 345. The lowest BCUT2D eigenvalue weighted by atomic mass is 10.1. The number of hydrogen-bond acceptors (Lipinski definition) is 5. The smallest absolute Gasteiger partial charge is 0.323 e. The van der Waals surface area contributed by atoms with Gasteiger partial charge in [0.15, 0.2) is 0 Å². The van der Waals surface area contributed by atoms with Crippen molar-refractivity contribution >= 4 is 11.9 Å². The fourth-order valence-corrected chi connectivity index (χ4v) is 1.10. The highest BCUT2D eigenvalue weighted by Gasteiger charge is 2.24. The fraction of sp³-hybridized carbons (Fsp3) is 0.846. The number of hydrogen-bond donors (Lipinski definition) is 1. The summed E-state index contributed by atoms with van der Waals surface area (Å²) in [7, 11) is 0. The lowest BCUT2D eigenvalue weighted by molar-refractivity contribution is -0.157. The molecular formula is C13H25NO4. The monoisotopic (exact) mass is 261 g/mol. The van der Waals surface area contributed by atoms with E-state index in [-0.39, 0.29) is 26.6 Å². The van der Waals surface area contributed by atoms with Crippen LogP contribution in [0.15, 0.2) is 0 Å². The second-order valence-electron chi connectivity index (χ2n) is 5.56. The van der Waals surface area contributed by atoms with E-state index in [1.165, 1.54) is 0 Å². The summed E-state index contributed by atoms with van der Waals surface area (Å²) >= 11 is 0. The predicted molar refractivity (Wildman–Crippen MR) is 68.9 cm³/mol. The molecule has 18 heavy (non-hydrogen) atoms. The number of esters is 2. The molecule has 0 amide bonds. The Morgan fingerprint density at radius 2 is 1.67 bits per heavy atom. The highest BCUT2D eigenvalue weighted by molar-refractivity contribution is 5.77. The zero-order valence-corrected chi connectivity index (χ0v) is 11.6. The molecule has 0 aromatic carbocycles. The Labute approximate surface area is 112 Å². The van der Waals surface area contributed by atoms with Crippen molar-refractivity contribution < 1.29 is 21.8 Å². The van der Waals surface area contributed by atoms with Crippen LogP contribution in [-0.4, -0.2) is 29.2 Å². The van der Waals surface area contributed by atoms with Crippen LogP contribution in [0.2, 0.25) is 0 Å². The van der Waals surface area contributed by atoms with Crippen molar-refractivity contribution in [1.29, 1.82) is 0 Å². The Hall–Kier alpha value is -1.10. The molecule has 0 heterocycles. The minimum atomic E-state index is -0.924. The van der Waals surface area contributed by atoms with Crippen LogP contribution in [0.1, 0.15) is 57.1 Å². The third kappa shape index (κ3) is 8.98. The Morgan fingerprint density at radius 3 is 2.17 bits per heavy atom. The molecule has 0 unspecified atom stereocenters. The molecule has 0 radical (unpaired) electrons. The molecule has 0 aliphatic heterocycles. The van der Waals surface area contributed by atoms with Crippen molar-refractivity contribution in [3.8, 4) is 0 Å². The van der Waals surface area contributed by atoms with Gasteiger partial charge in [-0.25, -0.2) is 0 Å². The maximum absolute atomic E-state index is 11.7. The molecule has 0 saturated heterocycles. The second-order valence-corrected chi connectivity index (χ2v) is 5.56. The lowest BCUT2D eigenvalue weighted by Gasteiger charge is -2.22. The van der Waals surface area contributed by atoms with E-state index in [1.807, 2.05) is 0 Å². The van der Waals surface area contributed by atoms with Crippen molar-refractivity contribution in [1.82, 2.24) is 0 Å². The number of carbonyl (C=O) groups excluding carboxylic acids is 2. The van der Waals surface area contributed by atoms with E-state index in [0.717, 1.165) is 0 Å². The standard InChI is InChI=1S/C13H25NO4/c1-12(2,3)17-10(15)8-7-9(14)11(16)18-13(4,5)6/h9H,7-8,14H2,1-6H3/t9-/m0/s1/i1D,4D. The SMILES string of the molecule is [2H]CC(C)(C)OC(=O)CC[C@H](N)C(=O)OC(C)(C)C[2H]. The van der Waals surface area contributed by atoms with Gasteiger partial charge in [0.2, 0.25) is 0 Å². The first-order valence-electron chi connectivity index (χ1n) is 7.23. The van der Waals surface area contributed by atoms with Gasteiger partial charge in [0.25, 0.3) is 0 Å². The number of rotatable bonds is 4. The quantitative estimate of drug-likeness (QED) is 0.780. The van der Waals surface area contributed by atoms with Crippen LogP contribution >= 0.6 is 0 Å². The third-order valence-electron chi connectivity index (χ3n) is 1.73. The van der Waals surface area contributed by atoms with Gasteiger partial charge in [-0.05, 0) is 47.9 Å². The molecule has 0 bridgehead atoms. The van der Waals surface area contributed by atoms with E-state index in [1.54, 1.807) is 27.7 Å². The molecule has 0 spiro atoms. The third-order valence-corrected chi connectivity index (χ3v) is 1.73. The number of nitrogens with two attached hydrogens (primary N) is 1. The molecule has 0 saturated carbocycles. The molecule has 0 aliphatic carbocycles. The molecule has 106 valence electrons. The van der Waals surface area contributed by atoms with Crippen LogP contribution in [0.25, 0.3) is 0 Å². The molecule has 0 aromatic heterocycles. The topological polar surface area (TPSA) is 78.6 Å². The molecule has 0 aromatic rings. The van der Waals surface area contributed by atoms with Gasteiger partial charge in [0, 0.05) is 9.16 Å². The Kier molecular flexibility index (Phi) is 4.58. The maximum Gasteiger partial charge on any atom is 0.323 e. The maximum atomic E-state index is 11.7. The summed E-state index contributed by atoms with van der Waals surface area (Å²) in [5.41, 5.74) is 3.92. The van der Waals surface area contributed by atoms with Crippen LogP contribution in [0.4, 0.5) is 0 Å².